The lowest BCUT2D eigenvalue weighted by atomic mass is 10.2. The van der Waals surface area contributed by atoms with Crippen molar-refractivity contribution in [3.63, 3.8) is 0 Å². The number of nitrogens with one attached hydrogen (secondary N) is 1. The highest BCUT2D eigenvalue weighted by molar-refractivity contribution is 9.10. The van der Waals surface area contributed by atoms with Crippen LogP contribution in [0.1, 0.15) is 20.0 Å². The number of hydrogen-bond donors (Lipinski definition) is 2. The first-order valence-electron chi connectivity index (χ1n) is 5.47. The molecule has 0 radical (unpaired) electrons. The van der Waals surface area contributed by atoms with E-state index in [0.717, 1.165) is 11.3 Å². The van der Waals surface area contributed by atoms with E-state index in [1.54, 1.807) is 0 Å². The molecule has 1 heterocycles. The molecule has 0 spiro atoms. The number of nitrogens with zero attached hydrogens (tertiary/aromatic N) is 1. The molecule has 7 nitrogen and oxygen atoms in total. The second-order valence-corrected chi connectivity index (χ2v) is 5.77. The number of carbonyl (C=O) groups excluding carboxylic acids is 1. The van der Waals surface area contributed by atoms with Crippen LogP contribution in [0.3, 0.4) is 0 Å². The molecule has 0 aliphatic heterocycles. The van der Waals surface area contributed by atoms with Crippen LogP contribution in [0.4, 0.5) is 10.7 Å². The molecule has 0 saturated heterocycles. The molecule has 1 aromatic carbocycles. The van der Waals surface area contributed by atoms with Gasteiger partial charge in [0.1, 0.15) is 0 Å². The smallest absolute Gasteiger partial charge is 0.335 e. The van der Waals surface area contributed by atoms with E-state index in [0.29, 0.717) is 4.47 Å². The van der Waals surface area contributed by atoms with E-state index in [4.69, 9.17) is 5.11 Å². The van der Waals surface area contributed by atoms with Gasteiger partial charge in [-0.2, -0.15) is 0 Å². The Balaban J connectivity index is 2.24. The first-order chi connectivity index (χ1) is 9.88. The molecule has 0 saturated carbocycles. The van der Waals surface area contributed by atoms with Gasteiger partial charge >= 0.3 is 11.0 Å². The van der Waals surface area contributed by atoms with E-state index in [1.807, 2.05) is 0 Å². The minimum Gasteiger partial charge on any atom is -0.478 e. The third-order valence-corrected chi connectivity index (χ3v) is 4.18. The van der Waals surface area contributed by atoms with E-state index >= 15 is 0 Å². The van der Waals surface area contributed by atoms with Gasteiger partial charge in [-0.25, -0.2) is 4.79 Å². The quantitative estimate of drug-likeness (QED) is 0.633. The number of amides is 1. The van der Waals surface area contributed by atoms with Crippen LogP contribution in [0.15, 0.2) is 34.8 Å². The molecule has 0 atom stereocenters. The number of anilines is 1. The fourth-order valence-corrected chi connectivity index (χ4v) is 2.55. The van der Waals surface area contributed by atoms with E-state index in [2.05, 4.69) is 21.2 Å². The van der Waals surface area contributed by atoms with Gasteiger partial charge in [-0.1, -0.05) is 11.3 Å². The molecule has 0 fully saturated rings. The zero-order valence-corrected chi connectivity index (χ0v) is 12.6. The summed E-state index contributed by atoms with van der Waals surface area (Å²) in [6, 6.07) is 6.76. The van der Waals surface area contributed by atoms with Crippen LogP contribution in [-0.2, 0) is 0 Å². The average Bonchev–Trinajstić information content (AvgIpc) is 2.90. The van der Waals surface area contributed by atoms with Gasteiger partial charge in [0.15, 0.2) is 0 Å². The first-order valence-corrected chi connectivity index (χ1v) is 7.08. The summed E-state index contributed by atoms with van der Waals surface area (Å²) >= 11 is 3.94. The van der Waals surface area contributed by atoms with Crippen LogP contribution in [0.5, 0.6) is 0 Å². The number of aromatic carboxylic acids is 1. The Morgan fingerprint density at radius 2 is 2.00 bits per heavy atom. The maximum atomic E-state index is 12.0. The molecule has 1 amide bonds. The van der Waals surface area contributed by atoms with E-state index in [-0.39, 0.29) is 21.1 Å². The fourth-order valence-electron chi connectivity index (χ4n) is 1.49. The summed E-state index contributed by atoms with van der Waals surface area (Å²) in [5.41, 5.74) is 0.293. The highest BCUT2D eigenvalue weighted by Crippen LogP contribution is 2.27. The lowest BCUT2D eigenvalue weighted by Crippen LogP contribution is -2.11. The third-order valence-electron chi connectivity index (χ3n) is 2.46. The van der Waals surface area contributed by atoms with Crippen LogP contribution in [-0.4, -0.2) is 21.9 Å². The predicted octanol–water partition coefficient (Wildman–Crippen LogP) is 3.37. The van der Waals surface area contributed by atoms with Gasteiger partial charge in [-0.3, -0.25) is 14.9 Å². The summed E-state index contributed by atoms with van der Waals surface area (Å²) in [6.07, 6.45) is 0. The number of thiophene rings is 1. The number of rotatable bonds is 4. The minimum atomic E-state index is -1.12. The number of hydrogen-bond acceptors (Lipinski definition) is 5. The second kappa shape index (κ2) is 6.02. The van der Waals surface area contributed by atoms with Crippen molar-refractivity contribution in [1.82, 2.24) is 0 Å². The molecule has 9 heteroatoms. The Morgan fingerprint density at radius 3 is 2.57 bits per heavy atom. The summed E-state index contributed by atoms with van der Waals surface area (Å²) in [6.45, 7) is 0. The second-order valence-electron chi connectivity index (χ2n) is 3.85. The largest absolute Gasteiger partial charge is 0.478 e. The summed E-state index contributed by atoms with van der Waals surface area (Å²) in [5.74, 6) is -1.67. The summed E-state index contributed by atoms with van der Waals surface area (Å²) in [5, 5.41) is 21.9. The van der Waals surface area contributed by atoms with Crippen LogP contribution in [0.25, 0.3) is 0 Å². The Morgan fingerprint density at radius 1 is 1.29 bits per heavy atom. The highest BCUT2D eigenvalue weighted by Gasteiger charge is 2.16. The fraction of sp³-hybridized carbons (Fsp3) is 0. The number of carbonyl (C=O) groups is 2. The molecular formula is C12H7BrN2O5S. The Bertz CT molecular complexity index is 743. The topological polar surface area (TPSA) is 110 Å². The van der Waals surface area contributed by atoms with E-state index in [9.17, 15) is 19.7 Å². The van der Waals surface area contributed by atoms with Crippen molar-refractivity contribution >= 4 is 49.8 Å². The maximum absolute atomic E-state index is 12.0. The average molecular weight is 371 g/mol. The summed E-state index contributed by atoms with van der Waals surface area (Å²) in [7, 11) is 0. The molecule has 0 aliphatic carbocycles. The molecule has 0 unspecified atom stereocenters. The van der Waals surface area contributed by atoms with Gasteiger partial charge in [-0.15, -0.1) is 0 Å². The minimum absolute atomic E-state index is 0.0191. The third kappa shape index (κ3) is 3.44. The number of carboxylic acid groups (broad SMARTS) is 1. The molecule has 2 aromatic rings. The molecule has 21 heavy (non-hydrogen) atoms. The van der Waals surface area contributed by atoms with E-state index in [1.165, 1.54) is 30.3 Å². The van der Waals surface area contributed by atoms with Gasteiger partial charge in [0.05, 0.1) is 21.1 Å². The van der Waals surface area contributed by atoms with Crippen molar-refractivity contribution in [2.24, 2.45) is 0 Å². The van der Waals surface area contributed by atoms with Crippen molar-refractivity contribution in [1.29, 1.82) is 0 Å². The Labute approximate surface area is 130 Å². The summed E-state index contributed by atoms with van der Waals surface area (Å²) < 4.78 is 0.506. The standard InChI is InChI=1S/C12H7BrN2O5S/c13-7-2-1-6(12(17)18)5-8(7)14-11(16)9-3-4-10(21-9)15(19)20/h1-5H,(H,14,16)(H,17,18). The van der Waals surface area contributed by atoms with Crippen molar-refractivity contribution < 1.29 is 19.6 Å². The maximum Gasteiger partial charge on any atom is 0.335 e. The van der Waals surface area contributed by atoms with Crippen LogP contribution in [0, 0.1) is 10.1 Å². The number of nitro groups is 1. The SMILES string of the molecule is O=C(O)c1ccc(Br)c(NC(=O)c2ccc([N+](=O)[O-])s2)c1. The molecule has 1 aromatic heterocycles. The number of carboxylic acids is 1. The normalized spacial score (nSPS) is 10.1. The van der Waals surface area contributed by atoms with Crippen LogP contribution in [0.2, 0.25) is 0 Å². The van der Waals surface area contributed by atoms with Crippen LogP contribution >= 0.6 is 27.3 Å². The molecule has 108 valence electrons. The van der Waals surface area contributed by atoms with Gasteiger partial charge in [0.25, 0.3) is 5.91 Å². The Kier molecular flexibility index (Phi) is 4.34. The lowest BCUT2D eigenvalue weighted by molar-refractivity contribution is -0.380. The monoisotopic (exact) mass is 370 g/mol. The lowest BCUT2D eigenvalue weighted by Gasteiger charge is -2.07. The molecule has 0 bridgehead atoms. The van der Waals surface area contributed by atoms with E-state index < -0.39 is 16.8 Å². The van der Waals surface area contributed by atoms with Crippen molar-refractivity contribution in [2.75, 3.05) is 5.32 Å². The Hall–Kier alpha value is -2.26. The number of benzene rings is 1. The van der Waals surface area contributed by atoms with Crippen LogP contribution < -0.4 is 5.32 Å². The van der Waals surface area contributed by atoms with Gasteiger partial charge in [0.2, 0.25) is 0 Å². The molecule has 2 rings (SSSR count). The molecular weight excluding hydrogens is 364 g/mol. The molecule has 0 aliphatic rings. The summed E-state index contributed by atoms with van der Waals surface area (Å²) in [4.78, 5) is 33.1. The zero-order chi connectivity index (χ0) is 15.6. The van der Waals surface area contributed by atoms with Crippen molar-refractivity contribution in [2.45, 2.75) is 0 Å². The first kappa shape index (κ1) is 15.1. The highest BCUT2D eigenvalue weighted by atomic mass is 79.9. The van der Waals surface area contributed by atoms with Gasteiger partial charge in [-0.05, 0) is 40.2 Å². The van der Waals surface area contributed by atoms with Crippen molar-refractivity contribution in [3.8, 4) is 0 Å². The van der Waals surface area contributed by atoms with Crippen molar-refractivity contribution in [3.05, 3.63) is 55.4 Å². The van der Waals surface area contributed by atoms with Gasteiger partial charge in [0, 0.05) is 10.5 Å². The predicted molar refractivity (Wildman–Crippen MR) is 80.0 cm³/mol. The zero-order valence-electron chi connectivity index (χ0n) is 10.2. The number of halogens is 1. The van der Waals surface area contributed by atoms with Gasteiger partial charge < -0.3 is 10.4 Å². The molecule has 2 N–H and O–H groups in total.